The zero-order chi connectivity index (χ0) is 14.7. The molecule has 0 aliphatic rings. The molecule has 0 radical (unpaired) electrons. The van der Waals surface area contributed by atoms with Crippen LogP contribution in [-0.4, -0.2) is 22.0 Å². The fraction of sp³-hybridized carbons (Fsp3) is 0.235. The van der Waals surface area contributed by atoms with Crippen LogP contribution in [0.15, 0.2) is 42.7 Å². The molecule has 3 aromatic rings. The molecule has 4 nitrogen and oxygen atoms in total. The van der Waals surface area contributed by atoms with E-state index >= 15 is 0 Å². The van der Waals surface area contributed by atoms with Gasteiger partial charge in [-0.2, -0.15) is 0 Å². The number of rotatable bonds is 4. The molecule has 0 aliphatic carbocycles. The van der Waals surface area contributed by atoms with Crippen LogP contribution < -0.4 is 5.32 Å². The summed E-state index contributed by atoms with van der Waals surface area (Å²) in [5.41, 5.74) is 2.04. The second kappa shape index (κ2) is 5.87. The Hall–Kier alpha value is -2.49. The molecule has 106 valence electrons. The van der Waals surface area contributed by atoms with Crippen molar-refractivity contribution in [3.05, 3.63) is 48.5 Å². The highest BCUT2D eigenvalue weighted by Gasteiger charge is 2.09. The molecule has 0 fully saturated rings. The molecule has 0 aliphatic heterocycles. The Morgan fingerprint density at radius 3 is 2.86 bits per heavy atom. The molecule has 4 heteroatoms. The minimum absolute atomic E-state index is 0.851. The second-order valence-electron chi connectivity index (χ2n) is 4.96. The van der Waals surface area contributed by atoms with E-state index in [-0.39, 0.29) is 0 Å². The minimum atomic E-state index is 0.851. The summed E-state index contributed by atoms with van der Waals surface area (Å²) in [7, 11) is 1.88. The number of benzene rings is 1. The van der Waals surface area contributed by atoms with Crippen molar-refractivity contribution in [1.82, 2.24) is 15.0 Å². The van der Waals surface area contributed by atoms with Gasteiger partial charge in [-0.05, 0) is 17.9 Å². The third kappa shape index (κ3) is 2.70. The van der Waals surface area contributed by atoms with Crippen LogP contribution in [0.3, 0.4) is 0 Å². The molecule has 1 aromatic carbocycles. The average Bonchev–Trinajstić information content (AvgIpc) is 2.54. The van der Waals surface area contributed by atoms with Crippen molar-refractivity contribution in [2.24, 2.45) is 0 Å². The Labute approximate surface area is 124 Å². The van der Waals surface area contributed by atoms with Crippen LogP contribution in [0.25, 0.3) is 22.0 Å². The third-order valence-corrected chi connectivity index (χ3v) is 3.46. The van der Waals surface area contributed by atoms with Crippen molar-refractivity contribution in [2.45, 2.75) is 19.8 Å². The van der Waals surface area contributed by atoms with Gasteiger partial charge in [0.25, 0.3) is 0 Å². The lowest BCUT2D eigenvalue weighted by molar-refractivity contribution is 0.838. The zero-order valence-corrected chi connectivity index (χ0v) is 12.3. The van der Waals surface area contributed by atoms with E-state index in [4.69, 9.17) is 4.98 Å². The number of hydrogen-bond donors (Lipinski definition) is 1. The Kier molecular flexibility index (Phi) is 3.77. The van der Waals surface area contributed by atoms with Crippen LogP contribution in [0.1, 0.15) is 19.2 Å². The molecule has 1 N–H and O–H groups in total. The van der Waals surface area contributed by atoms with Crippen molar-refractivity contribution in [3.63, 3.8) is 0 Å². The van der Waals surface area contributed by atoms with Gasteiger partial charge in [0, 0.05) is 42.9 Å². The highest BCUT2D eigenvalue weighted by Crippen LogP contribution is 2.28. The number of pyridine rings is 1. The van der Waals surface area contributed by atoms with Gasteiger partial charge in [-0.25, -0.2) is 9.97 Å². The van der Waals surface area contributed by atoms with E-state index in [2.05, 4.69) is 40.4 Å². The van der Waals surface area contributed by atoms with Crippen LogP contribution in [-0.2, 0) is 6.42 Å². The molecule has 0 saturated heterocycles. The maximum Gasteiger partial charge on any atom is 0.131 e. The van der Waals surface area contributed by atoms with E-state index in [1.807, 2.05) is 31.6 Å². The third-order valence-electron chi connectivity index (χ3n) is 3.46. The van der Waals surface area contributed by atoms with E-state index in [1.54, 1.807) is 0 Å². The second-order valence-corrected chi connectivity index (χ2v) is 4.96. The Morgan fingerprint density at radius 2 is 2.05 bits per heavy atom. The monoisotopic (exact) mass is 278 g/mol. The highest BCUT2D eigenvalue weighted by atomic mass is 15.0. The van der Waals surface area contributed by atoms with Gasteiger partial charge >= 0.3 is 0 Å². The average molecular weight is 278 g/mol. The Bertz CT molecular complexity index is 762. The molecule has 2 aromatic heterocycles. The van der Waals surface area contributed by atoms with Gasteiger partial charge in [0.15, 0.2) is 0 Å². The summed E-state index contributed by atoms with van der Waals surface area (Å²) in [5.74, 6) is 1.73. The van der Waals surface area contributed by atoms with Gasteiger partial charge in [-0.15, -0.1) is 0 Å². The van der Waals surface area contributed by atoms with E-state index < -0.39 is 0 Å². The Balaban J connectivity index is 2.20. The summed E-state index contributed by atoms with van der Waals surface area (Å²) in [5, 5.41) is 5.40. The molecular weight excluding hydrogens is 260 g/mol. The lowest BCUT2D eigenvalue weighted by Crippen LogP contribution is -2.01. The summed E-state index contributed by atoms with van der Waals surface area (Å²) in [6.45, 7) is 2.14. The van der Waals surface area contributed by atoms with Gasteiger partial charge in [0.1, 0.15) is 11.6 Å². The van der Waals surface area contributed by atoms with Crippen molar-refractivity contribution >= 4 is 16.6 Å². The van der Waals surface area contributed by atoms with E-state index in [9.17, 15) is 0 Å². The Morgan fingerprint density at radius 1 is 1.14 bits per heavy atom. The predicted octanol–water partition coefficient (Wildman–Crippen LogP) is 3.69. The molecule has 0 unspecified atom stereocenters. The first-order valence-corrected chi connectivity index (χ1v) is 7.20. The zero-order valence-electron chi connectivity index (χ0n) is 12.3. The molecule has 0 saturated carbocycles. The number of hydrogen-bond acceptors (Lipinski definition) is 4. The van der Waals surface area contributed by atoms with Crippen LogP contribution in [0.4, 0.5) is 5.82 Å². The van der Waals surface area contributed by atoms with Crippen LogP contribution in [0, 0.1) is 0 Å². The molecule has 2 heterocycles. The lowest BCUT2D eigenvalue weighted by atomic mass is 10.0. The number of fused-ring (bicyclic) bond motifs is 1. The maximum absolute atomic E-state index is 4.71. The van der Waals surface area contributed by atoms with Crippen LogP contribution in [0.5, 0.6) is 0 Å². The van der Waals surface area contributed by atoms with E-state index in [1.165, 1.54) is 5.39 Å². The quantitative estimate of drug-likeness (QED) is 0.791. The fourth-order valence-electron chi connectivity index (χ4n) is 2.44. The molecule has 3 rings (SSSR count). The van der Waals surface area contributed by atoms with Crippen molar-refractivity contribution in [2.75, 3.05) is 12.4 Å². The summed E-state index contributed by atoms with van der Waals surface area (Å²) in [4.78, 5) is 13.5. The van der Waals surface area contributed by atoms with Crippen LogP contribution in [0.2, 0.25) is 0 Å². The topological polar surface area (TPSA) is 50.7 Å². The maximum atomic E-state index is 4.71. The van der Waals surface area contributed by atoms with Gasteiger partial charge in [0.2, 0.25) is 0 Å². The molecule has 21 heavy (non-hydrogen) atoms. The smallest absolute Gasteiger partial charge is 0.131 e. The van der Waals surface area contributed by atoms with Gasteiger partial charge in [0.05, 0.1) is 5.69 Å². The number of nitrogens with one attached hydrogen (secondary N) is 1. The molecule has 0 bridgehead atoms. The molecule has 0 amide bonds. The molecular formula is C17H18N4. The molecule has 0 atom stereocenters. The minimum Gasteiger partial charge on any atom is -0.373 e. The largest absolute Gasteiger partial charge is 0.373 e. The predicted molar refractivity (Wildman–Crippen MR) is 86.3 cm³/mol. The highest BCUT2D eigenvalue weighted by molar-refractivity contribution is 5.95. The van der Waals surface area contributed by atoms with Gasteiger partial charge in [-0.1, -0.05) is 25.1 Å². The lowest BCUT2D eigenvalue weighted by Gasteiger charge is -2.09. The van der Waals surface area contributed by atoms with Crippen LogP contribution >= 0.6 is 0 Å². The summed E-state index contributed by atoms with van der Waals surface area (Å²) in [6, 6.07) is 10.2. The van der Waals surface area contributed by atoms with Crippen molar-refractivity contribution in [1.29, 1.82) is 0 Å². The molecule has 0 spiro atoms. The number of aromatic nitrogens is 3. The normalized spacial score (nSPS) is 10.8. The van der Waals surface area contributed by atoms with Crippen molar-refractivity contribution < 1.29 is 0 Å². The van der Waals surface area contributed by atoms with Gasteiger partial charge in [-0.3, -0.25) is 4.98 Å². The van der Waals surface area contributed by atoms with Crippen molar-refractivity contribution in [3.8, 4) is 11.3 Å². The first-order chi connectivity index (χ1) is 10.3. The fourth-order valence-corrected chi connectivity index (χ4v) is 2.44. The van der Waals surface area contributed by atoms with Gasteiger partial charge < -0.3 is 5.32 Å². The van der Waals surface area contributed by atoms with E-state index in [0.29, 0.717) is 0 Å². The standard InChI is InChI=1S/C17H18N4/c1-3-5-16-20-15(10-17(18-2)21-16)13-7-4-6-12-8-9-19-11-14(12)13/h4,6-11H,3,5H2,1-2H3,(H,18,20,21). The summed E-state index contributed by atoms with van der Waals surface area (Å²) >= 11 is 0. The number of aryl methyl sites for hydroxylation is 1. The first-order valence-electron chi connectivity index (χ1n) is 7.20. The SMILES string of the molecule is CCCc1nc(NC)cc(-c2cccc3ccncc23)n1. The van der Waals surface area contributed by atoms with E-state index in [0.717, 1.165) is 41.1 Å². The number of anilines is 1. The summed E-state index contributed by atoms with van der Waals surface area (Å²) in [6.07, 6.45) is 5.62. The number of nitrogens with zero attached hydrogens (tertiary/aromatic N) is 3. The summed E-state index contributed by atoms with van der Waals surface area (Å²) < 4.78 is 0. The first kappa shape index (κ1) is 13.5.